The molecule has 106 valence electrons. The molecular weight excluding hydrogens is 238 g/mol. The van der Waals surface area contributed by atoms with Gasteiger partial charge in [-0.1, -0.05) is 13.8 Å². The molecular formula is C15H25N3O. The molecule has 0 aliphatic carbocycles. The maximum Gasteiger partial charge on any atom is 0.163 e. The maximum absolute atomic E-state index is 11.7. The van der Waals surface area contributed by atoms with Crippen molar-refractivity contribution < 1.29 is 4.79 Å². The lowest BCUT2D eigenvalue weighted by molar-refractivity contribution is 0.101. The predicted molar refractivity (Wildman–Crippen MR) is 79.8 cm³/mol. The van der Waals surface area contributed by atoms with Gasteiger partial charge in [0.2, 0.25) is 0 Å². The molecule has 1 aromatic heterocycles. The Morgan fingerprint density at radius 1 is 1.32 bits per heavy atom. The number of likely N-dealkylation sites (N-methyl/N-ethyl adjacent to an activating group) is 1. The largest absolute Gasteiger partial charge is 0.354 e. The van der Waals surface area contributed by atoms with Crippen molar-refractivity contribution in [2.24, 2.45) is 5.92 Å². The van der Waals surface area contributed by atoms with Gasteiger partial charge in [-0.3, -0.25) is 4.79 Å². The first kappa shape index (κ1) is 15.6. The van der Waals surface area contributed by atoms with Gasteiger partial charge in [-0.25, -0.2) is 4.98 Å². The van der Waals surface area contributed by atoms with Gasteiger partial charge >= 0.3 is 0 Å². The number of Topliss-reactive ketones (excluding diaryl/α,β-unsaturated/α-hetero) is 1. The van der Waals surface area contributed by atoms with Crippen molar-refractivity contribution in [3.05, 3.63) is 23.9 Å². The Labute approximate surface area is 116 Å². The number of hydrogen-bond donors (Lipinski definition) is 0. The van der Waals surface area contributed by atoms with Crippen molar-refractivity contribution in [1.29, 1.82) is 0 Å². The number of ketones is 1. The second kappa shape index (κ2) is 7.24. The topological polar surface area (TPSA) is 36.4 Å². The van der Waals surface area contributed by atoms with Crippen molar-refractivity contribution in [2.45, 2.75) is 20.8 Å². The first-order valence-electron chi connectivity index (χ1n) is 6.77. The summed E-state index contributed by atoms with van der Waals surface area (Å²) in [6, 6.07) is 3.67. The van der Waals surface area contributed by atoms with Gasteiger partial charge in [0.15, 0.2) is 5.78 Å². The molecule has 0 amide bonds. The van der Waals surface area contributed by atoms with Gasteiger partial charge in [-0.2, -0.15) is 0 Å². The highest BCUT2D eigenvalue weighted by atomic mass is 16.1. The summed E-state index contributed by atoms with van der Waals surface area (Å²) in [6.07, 6.45) is 1.75. The highest BCUT2D eigenvalue weighted by Crippen LogP contribution is 2.18. The Morgan fingerprint density at radius 2 is 2.00 bits per heavy atom. The molecule has 0 aliphatic rings. The molecule has 0 atom stereocenters. The molecule has 0 aromatic carbocycles. The van der Waals surface area contributed by atoms with Gasteiger partial charge in [-0.05, 0) is 39.1 Å². The molecule has 4 heteroatoms. The Hall–Kier alpha value is -1.42. The van der Waals surface area contributed by atoms with Crippen LogP contribution < -0.4 is 4.90 Å². The first-order chi connectivity index (χ1) is 8.91. The fourth-order valence-corrected chi connectivity index (χ4v) is 1.97. The molecule has 0 aliphatic heterocycles. The van der Waals surface area contributed by atoms with Crippen LogP contribution in [-0.4, -0.2) is 49.4 Å². The summed E-state index contributed by atoms with van der Waals surface area (Å²) in [7, 11) is 4.11. The van der Waals surface area contributed by atoms with Crippen molar-refractivity contribution in [3.8, 4) is 0 Å². The van der Waals surface area contributed by atoms with Crippen molar-refractivity contribution >= 4 is 11.6 Å². The number of pyridine rings is 1. The van der Waals surface area contributed by atoms with Crippen LogP contribution in [0.2, 0.25) is 0 Å². The fraction of sp³-hybridized carbons (Fsp3) is 0.600. The summed E-state index contributed by atoms with van der Waals surface area (Å²) in [6.45, 7) is 8.69. The van der Waals surface area contributed by atoms with Crippen LogP contribution in [0, 0.1) is 5.92 Å². The number of anilines is 1. The van der Waals surface area contributed by atoms with E-state index >= 15 is 0 Å². The molecule has 19 heavy (non-hydrogen) atoms. The number of nitrogens with zero attached hydrogens (tertiary/aromatic N) is 3. The molecule has 1 rings (SSSR count). The van der Waals surface area contributed by atoms with Crippen LogP contribution in [0.4, 0.5) is 5.82 Å². The SMILES string of the molecule is CC(=O)c1cccnc1N(CCN(C)C)CC(C)C. The van der Waals surface area contributed by atoms with Crippen LogP contribution in [0.1, 0.15) is 31.1 Å². The van der Waals surface area contributed by atoms with E-state index < -0.39 is 0 Å². The van der Waals surface area contributed by atoms with E-state index in [1.807, 2.05) is 12.1 Å². The predicted octanol–water partition coefficient (Wildman–Crippen LogP) is 2.31. The van der Waals surface area contributed by atoms with Gasteiger partial charge in [0.05, 0.1) is 5.56 Å². The quantitative estimate of drug-likeness (QED) is 0.707. The molecule has 0 unspecified atom stereocenters. The van der Waals surface area contributed by atoms with E-state index in [1.54, 1.807) is 13.1 Å². The zero-order valence-electron chi connectivity index (χ0n) is 12.7. The van der Waals surface area contributed by atoms with Gasteiger partial charge in [0, 0.05) is 25.8 Å². The lowest BCUT2D eigenvalue weighted by Gasteiger charge is -2.28. The van der Waals surface area contributed by atoms with E-state index in [2.05, 4.69) is 42.7 Å². The average Bonchev–Trinajstić information content (AvgIpc) is 2.33. The average molecular weight is 263 g/mol. The summed E-state index contributed by atoms with van der Waals surface area (Å²) in [5, 5.41) is 0. The van der Waals surface area contributed by atoms with E-state index in [9.17, 15) is 4.79 Å². The van der Waals surface area contributed by atoms with Gasteiger partial charge in [0.1, 0.15) is 5.82 Å². The minimum Gasteiger partial charge on any atom is -0.354 e. The van der Waals surface area contributed by atoms with Gasteiger partial charge < -0.3 is 9.80 Å². The lowest BCUT2D eigenvalue weighted by atomic mass is 10.1. The zero-order chi connectivity index (χ0) is 14.4. The van der Waals surface area contributed by atoms with E-state index in [-0.39, 0.29) is 5.78 Å². The Bertz CT molecular complexity index is 416. The summed E-state index contributed by atoms with van der Waals surface area (Å²) < 4.78 is 0. The van der Waals surface area contributed by atoms with Gasteiger partial charge in [0.25, 0.3) is 0 Å². The van der Waals surface area contributed by atoms with Crippen LogP contribution in [0.3, 0.4) is 0 Å². The fourth-order valence-electron chi connectivity index (χ4n) is 1.97. The van der Waals surface area contributed by atoms with Crippen molar-refractivity contribution in [3.63, 3.8) is 0 Å². The van der Waals surface area contributed by atoms with Crippen LogP contribution >= 0.6 is 0 Å². The molecule has 0 radical (unpaired) electrons. The zero-order valence-corrected chi connectivity index (χ0v) is 12.7. The number of carbonyl (C=O) groups is 1. The number of aromatic nitrogens is 1. The first-order valence-corrected chi connectivity index (χ1v) is 6.77. The smallest absolute Gasteiger partial charge is 0.163 e. The molecule has 0 saturated carbocycles. The second-order valence-corrected chi connectivity index (χ2v) is 5.57. The van der Waals surface area contributed by atoms with E-state index in [1.165, 1.54) is 0 Å². The summed E-state index contributed by atoms with van der Waals surface area (Å²) >= 11 is 0. The number of hydrogen-bond acceptors (Lipinski definition) is 4. The van der Waals surface area contributed by atoms with Crippen molar-refractivity contribution in [2.75, 3.05) is 38.6 Å². The third-order valence-corrected chi connectivity index (χ3v) is 2.87. The highest BCUT2D eigenvalue weighted by molar-refractivity contribution is 5.98. The second-order valence-electron chi connectivity index (χ2n) is 5.57. The molecule has 0 spiro atoms. The standard InChI is InChI=1S/C15H25N3O/c1-12(2)11-18(10-9-17(4)5)15-14(13(3)19)7-6-8-16-15/h6-8,12H,9-11H2,1-5H3. The molecule has 0 fully saturated rings. The van der Waals surface area contributed by atoms with Crippen LogP contribution in [0.25, 0.3) is 0 Å². The normalized spacial score (nSPS) is 11.1. The maximum atomic E-state index is 11.7. The summed E-state index contributed by atoms with van der Waals surface area (Å²) in [5.41, 5.74) is 0.710. The van der Waals surface area contributed by atoms with Crippen LogP contribution in [0.5, 0.6) is 0 Å². The lowest BCUT2D eigenvalue weighted by Crippen LogP contribution is -2.35. The monoisotopic (exact) mass is 263 g/mol. The number of rotatable bonds is 7. The molecule has 0 saturated heterocycles. The molecule has 4 nitrogen and oxygen atoms in total. The highest BCUT2D eigenvalue weighted by Gasteiger charge is 2.16. The van der Waals surface area contributed by atoms with E-state index in [0.717, 1.165) is 25.5 Å². The Balaban J connectivity index is 2.99. The molecule has 1 aromatic rings. The minimum absolute atomic E-state index is 0.0710. The third-order valence-electron chi connectivity index (χ3n) is 2.87. The van der Waals surface area contributed by atoms with Crippen LogP contribution in [-0.2, 0) is 0 Å². The number of carbonyl (C=O) groups excluding carboxylic acids is 1. The van der Waals surface area contributed by atoms with Crippen molar-refractivity contribution in [1.82, 2.24) is 9.88 Å². The molecule has 0 bridgehead atoms. The molecule has 1 heterocycles. The molecule has 0 N–H and O–H groups in total. The summed E-state index contributed by atoms with van der Waals surface area (Å²) in [5.74, 6) is 1.41. The third kappa shape index (κ3) is 4.99. The van der Waals surface area contributed by atoms with E-state index in [4.69, 9.17) is 0 Å². The Morgan fingerprint density at radius 3 is 2.53 bits per heavy atom. The summed E-state index contributed by atoms with van der Waals surface area (Å²) in [4.78, 5) is 20.5. The minimum atomic E-state index is 0.0710. The van der Waals surface area contributed by atoms with Crippen LogP contribution in [0.15, 0.2) is 18.3 Å². The van der Waals surface area contributed by atoms with E-state index in [0.29, 0.717) is 11.5 Å². The Kier molecular flexibility index (Phi) is 5.96. The van der Waals surface area contributed by atoms with Gasteiger partial charge in [-0.15, -0.1) is 0 Å².